The number of nitrogens with one attached hydrogen (secondary N) is 1. The summed E-state index contributed by atoms with van der Waals surface area (Å²) in [7, 11) is 0. The number of fused-ring (bicyclic) bond motifs is 1. The molecule has 2 aromatic carbocycles. The molecule has 0 radical (unpaired) electrons. The zero-order valence-electron chi connectivity index (χ0n) is 15.7. The van der Waals surface area contributed by atoms with Gasteiger partial charge < -0.3 is 10.1 Å². The van der Waals surface area contributed by atoms with Crippen LogP contribution in [-0.4, -0.2) is 29.5 Å². The maximum absolute atomic E-state index is 13.1. The van der Waals surface area contributed by atoms with Gasteiger partial charge in [0.2, 0.25) is 0 Å². The zero-order valence-corrected chi connectivity index (χ0v) is 16.5. The van der Waals surface area contributed by atoms with Crippen LogP contribution in [0.25, 0.3) is 10.2 Å². The highest BCUT2D eigenvalue weighted by atomic mass is 32.1. The lowest BCUT2D eigenvalue weighted by Crippen LogP contribution is -2.39. The number of carbonyl (C=O) groups excluding carboxylic acids is 2. The molecule has 4 rings (SSSR count). The van der Waals surface area contributed by atoms with Gasteiger partial charge in [-0.1, -0.05) is 42.5 Å². The van der Waals surface area contributed by atoms with E-state index >= 15 is 0 Å². The molecule has 6 heteroatoms. The maximum atomic E-state index is 13.1. The lowest BCUT2D eigenvalue weighted by Gasteiger charge is -2.27. The smallest absolute Gasteiger partial charge is 0.317 e. The van der Waals surface area contributed by atoms with Gasteiger partial charge in [-0.25, -0.2) is 4.98 Å². The van der Waals surface area contributed by atoms with Crippen LogP contribution in [0.5, 0.6) is 0 Å². The Kier molecular flexibility index (Phi) is 5.13. The Balaban J connectivity index is 1.56. The Bertz CT molecular complexity index is 964. The summed E-state index contributed by atoms with van der Waals surface area (Å²) in [4.78, 5) is 29.7. The number of nitrogens with zero attached hydrogens (tertiary/aromatic N) is 1. The predicted molar refractivity (Wildman–Crippen MR) is 109 cm³/mol. The Morgan fingerprint density at radius 1 is 1.14 bits per heavy atom. The van der Waals surface area contributed by atoms with Crippen molar-refractivity contribution in [2.75, 3.05) is 6.61 Å². The molecule has 0 saturated heterocycles. The fraction of sp³-hybridized carbons (Fsp3) is 0.318. The fourth-order valence-electron chi connectivity index (χ4n) is 3.18. The first kappa shape index (κ1) is 18.6. The third-order valence-electron chi connectivity index (χ3n) is 4.98. The van der Waals surface area contributed by atoms with Crippen LogP contribution in [0.4, 0.5) is 0 Å². The Morgan fingerprint density at radius 3 is 2.57 bits per heavy atom. The Morgan fingerprint density at radius 2 is 1.86 bits per heavy atom. The molecular formula is C22H22N2O3S. The second-order valence-electron chi connectivity index (χ2n) is 7.37. The largest absolute Gasteiger partial charge is 0.455 e. The minimum absolute atomic E-state index is 0.244. The van der Waals surface area contributed by atoms with Gasteiger partial charge in [-0.3, -0.25) is 9.59 Å². The molecule has 0 unspecified atom stereocenters. The molecule has 1 heterocycles. The number of ether oxygens (including phenoxy) is 1. The Hall–Kier alpha value is -2.73. The van der Waals surface area contributed by atoms with E-state index in [0.717, 1.165) is 33.6 Å². The van der Waals surface area contributed by atoms with Gasteiger partial charge in [0.15, 0.2) is 6.61 Å². The van der Waals surface area contributed by atoms with Crippen LogP contribution >= 0.6 is 11.3 Å². The molecule has 1 aliphatic carbocycles. The van der Waals surface area contributed by atoms with Gasteiger partial charge in [-0.15, -0.1) is 11.3 Å². The van der Waals surface area contributed by atoms with Crippen molar-refractivity contribution < 1.29 is 14.3 Å². The first-order valence-electron chi connectivity index (χ1n) is 9.41. The summed E-state index contributed by atoms with van der Waals surface area (Å²) in [6.07, 6.45) is 2.41. The van der Waals surface area contributed by atoms with Crippen molar-refractivity contribution in [1.82, 2.24) is 10.3 Å². The van der Waals surface area contributed by atoms with Gasteiger partial charge in [0, 0.05) is 12.5 Å². The molecule has 0 bridgehead atoms. The topological polar surface area (TPSA) is 68.3 Å². The van der Waals surface area contributed by atoms with Crippen molar-refractivity contribution in [3.05, 3.63) is 65.2 Å². The number of carbonyl (C=O) groups is 2. The van der Waals surface area contributed by atoms with E-state index < -0.39 is 11.4 Å². The molecule has 1 atom stereocenters. The average Bonchev–Trinajstić information content (AvgIpc) is 3.42. The highest BCUT2D eigenvalue weighted by Crippen LogP contribution is 2.33. The summed E-state index contributed by atoms with van der Waals surface area (Å²) >= 11 is 1.58. The van der Waals surface area contributed by atoms with Crippen LogP contribution in [-0.2, 0) is 26.2 Å². The number of thiazole rings is 1. The molecule has 5 nitrogen and oxygen atoms in total. The Labute approximate surface area is 167 Å². The van der Waals surface area contributed by atoms with E-state index in [1.807, 2.05) is 61.5 Å². The fourth-order valence-corrected chi connectivity index (χ4v) is 4.31. The number of esters is 1. The van der Waals surface area contributed by atoms with Crippen molar-refractivity contribution in [2.24, 2.45) is 0 Å². The van der Waals surface area contributed by atoms with E-state index in [1.54, 1.807) is 11.3 Å². The molecule has 0 spiro atoms. The summed E-state index contributed by atoms with van der Waals surface area (Å²) in [6, 6.07) is 17.7. The second-order valence-corrected chi connectivity index (χ2v) is 8.48. The SMILES string of the molecule is C[C@](Cc1nc2ccccc2s1)(C(=O)OCC(=O)NC1CC1)c1ccccc1. The molecule has 1 fully saturated rings. The number of hydrogen-bond acceptors (Lipinski definition) is 5. The third kappa shape index (κ3) is 4.07. The first-order chi connectivity index (χ1) is 13.5. The highest BCUT2D eigenvalue weighted by molar-refractivity contribution is 7.18. The standard InChI is InChI=1S/C22H22N2O3S/c1-22(15-7-3-2-4-8-15,21(26)27-14-19(25)23-16-11-12-16)13-20-24-17-9-5-6-10-18(17)28-20/h2-10,16H,11-14H2,1H3,(H,23,25)/t22-/m1/s1. The molecule has 1 aromatic heterocycles. The predicted octanol–water partition coefficient (Wildman–Crippen LogP) is 3.62. The van der Waals surface area contributed by atoms with Gasteiger partial charge in [-0.2, -0.15) is 0 Å². The number of aromatic nitrogens is 1. The van der Waals surface area contributed by atoms with E-state index in [-0.39, 0.29) is 18.6 Å². The molecule has 1 saturated carbocycles. The van der Waals surface area contributed by atoms with Gasteiger partial charge in [0.05, 0.1) is 20.6 Å². The van der Waals surface area contributed by atoms with Crippen molar-refractivity contribution >= 4 is 33.4 Å². The quantitative estimate of drug-likeness (QED) is 0.622. The summed E-state index contributed by atoms with van der Waals surface area (Å²) < 4.78 is 6.51. The lowest BCUT2D eigenvalue weighted by atomic mass is 9.79. The van der Waals surface area contributed by atoms with E-state index in [4.69, 9.17) is 4.74 Å². The average molecular weight is 394 g/mol. The van der Waals surface area contributed by atoms with Gasteiger partial charge in [-0.05, 0) is 37.5 Å². The van der Waals surface area contributed by atoms with Crippen LogP contribution in [0, 0.1) is 0 Å². The molecule has 1 aliphatic rings. The van der Waals surface area contributed by atoms with Gasteiger partial charge >= 0.3 is 5.97 Å². The minimum atomic E-state index is -0.922. The normalized spacial score (nSPS) is 15.8. The summed E-state index contributed by atoms with van der Waals surface area (Å²) in [6.45, 7) is 1.60. The molecule has 1 N–H and O–H groups in total. The summed E-state index contributed by atoms with van der Waals surface area (Å²) in [5.74, 6) is -0.657. The second kappa shape index (κ2) is 7.72. The van der Waals surface area contributed by atoms with Crippen molar-refractivity contribution in [1.29, 1.82) is 0 Å². The number of para-hydroxylation sites is 1. The molecule has 3 aromatic rings. The monoisotopic (exact) mass is 394 g/mol. The molecule has 144 valence electrons. The number of amides is 1. The van der Waals surface area contributed by atoms with E-state index in [0.29, 0.717) is 6.42 Å². The summed E-state index contributed by atoms with van der Waals surface area (Å²) in [5, 5.41) is 3.71. The van der Waals surface area contributed by atoms with Crippen LogP contribution in [0.1, 0.15) is 30.3 Å². The van der Waals surface area contributed by atoms with Crippen molar-refractivity contribution in [3.8, 4) is 0 Å². The molecule has 28 heavy (non-hydrogen) atoms. The van der Waals surface area contributed by atoms with E-state index in [1.165, 1.54) is 0 Å². The summed E-state index contributed by atoms with van der Waals surface area (Å²) in [5.41, 5.74) is 0.853. The lowest BCUT2D eigenvalue weighted by molar-refractivity contribution is -0.154. The number of rotatable bonds is 7. The molecule has 1 amide bonds. The van der Waals surface area contributed by atoms with Crippen molar-refractivity contribution in [3.63, 3.8) is 0 Å². The van der Waals surface area contributed by atoms with Gasteiger partial charge in [0.1, 0.15) is 0 Å². The van der Waals surface area contributed by atoms with Crippen LogP contribution in [0.15, 0.2) is 54.6 Å². The molecule has 0 aliphatic heterocycles. The highest BCUT2D eigenvalue weighted by Gasteiger charge is 2.38. The number of hydrogen-bond donors (Lipinski definition) is 1. The van der Waals surface area contributed by atoms with E-state index in [9.17, 15) is 9.59 Å². The first-order valence-corrected chi connectivity index (χ1v) is 10.2. The van der Waals surface area contributed by atoms with Crippen molar-refractivity contribution in [2.45, 2.75) is 37.6 Å². The minimum Gasteiger partial charge on any atom is -0.455 e. The number of benzene rings is 2. The van der Waals surface area contributed by atoms with Crippen LogP contribution in [0.3, 0.4) is 0 Å². The molecular weight excluding hydrogens is 372 g/mol. The zero-order chi connectivity index (χ0) is 19.6. The van der Waals surface area contributed by atoms with E-state index in [2.05, 4.69) is 10.3 Å². The van der Waals surface area contributed by atoms with Crippen LogP contribution < -0.4 is 5.32 Å². The third-order valence-corrected chi connectivity index (χ3v) is 6.02. The maximum Gasteiger partial charge on any atom is 0.317 e. The van der Waals surface area contributed by atoms with Crippen LogP contribution in [0.2, 0.25) is 0 Å². The van der Waals surface area contributed by atoms with Gasteiger partial charge in [0.25, 0.3) is 5.91 Å².